The van der Waals surface area contributed by atoms with Crippen LogP contribution >= 0.6 is 23.4 Å². The Morgan fingerprint density at radius 2 is 1.79 bits per heavy atom. The third-order valence-electron chi connectivity index (χ3n) is 5.65. The standard InChI is InChI=1S/C26H26ClN3O2S/c27-24-13-10-21(15-23(24)26(32)29-20-6-2-1-3-7-20)30-25(31)19-8-11-22(12-9-19)33-17-18-5-4-14-28-16-18/h4-5,8-16,20H,1-3,6-7,17H2,(H,29,32)(H,30,31). The Hall–Kier alpha value is -2.83. The lowest BCUT2D eigenvalue weighted by Gasteiger charge is -2.23. The Morgan fingerprint density at radius 3 is 2.52 bits per heavy atom. The zero-order valence-electron chi connectivity index (χ0n) is 18.2. The van der Waals surface area contributed by atoms with Crippen LogP contribution in [0.5, 0.6) is 0 Å². The highest BCUT2D eigenvalue weighted by Gasteiger charge is 2.19. The predicted octanol–water partition coefficient (Wildman–Crippen LogP) is 6.34. The Balaban J connectivity index is 1.36. The van der Waals surface area contributed by atoms with E-state index in [0.29, 0.717) is 21.8 Å². The van der Waals surface area contributed by atoms with Crippen molar-refractivity contribution in [3.8, 4) is 0 Å². The Labute approximate surface area is 203 Å². The van der Waals surface area contributed by atoms with Crippen LogP contribution < -0.4 is 10.6 Å². The highest BCUT2D eigenvalue weighted by molar-refractivity contribution is 7.98. The number of hydrogen-bond acceptors (Lipinski definition) is 4. The van der Waals surface area contributed by atoms with Crippen molar-refractivity contribution in [3.63, 3.8) is 0 Å². The van der Waals surface area contributed by atoms with E-state index in [4.69, 9.17) is 11.6 Å². The van der Waals surface area contributed by atoms with Crippen molar-refractivity contribution in [2.45, 2.75) is 48.8 Å². The first kappa shape index (κ1) is 23.3. The van der Waals surface area contributed by atoms with Crippen LogP contribution in [0.3, 0.4) is 0 Å². The normalized spacial score (nSPS) is 14.0. The molecule has 1 saturated carbocycles. The smallest absolute Gasteiger partial charge is 0.255 e. The first-order valence-corrected chi connectivity index (χ1v) is 12.5. The molecule has 1 aromatic heterocycles. The number of aromatic nitrogens is 1. The second kappa shape index (κ2) is 11.3. The topological polar surface area (TPSA) is 71.1 Å². The molecule has 2 aromatic carbocycles. The summed E-state index contributed by atoms with van der Waals surface area (Å²) >= 11 is 7.96. The Bertz CT molecular complexity index is 1100. The largest absolute Gasteiger partial charge is 0.349 e. The van der Waals surface area contributed by atoms with Crippen molar-refractivity contribution >= 4 is 40.9 Å². The molecule has 0 aliphatic heterocycles. The number of nitrogens with zero attached hydrogens (tertiary/aromatic N) is 1. The maximum absolute atomic E-state index is 12.7. The van der Waals surface area contributed by atoms with Crippen LogP contribution in [0.1, 0.15) is 58.4 Å². The lowest BCUT2D eigenvalue weighted by molar-refractivity contribution is 0.0926. The maximum Gasteiger partial charge on any atom is 0.255 e. The van der Waals surface area contributed by atoms with Crippen LogP contribution in [0.15, 0.2) is 71.9 Å². The maximum atomic E-state index is 12.7. The number of carbonyl (C=O) groups is 2. The summed E-state index contributed by atoms with van der Waals surface area (Å²) in [5.41, 5.74) is 2.61. The molecule has 0 unspecified atom stereocenters. The van der Waals surface area contributed by atoms with E-state index in [-0.39, 0.29) is 17.9 Å². The summed E-state index contributed by atoms with van der Waals surface area (Å²) in [6.07, 6.45) is 9.09. The second-order valence-corrected chi connectivity index (χ2v) is 9.59. The number of hydrogen-bond donors (Lipinski definition) is 2. The monoisotopic (exact) mass is 479 g/mol. The van der Waals surface area contributed by atoms with E-state index < -0.39 is 0 Å². The van der Waals surface area contributed by atoms with Gasteiger partial charge in [-0.2, -0.15) is 0 Å². The Morgan fingerprint density at radius 1 is 1.00 bits per heavy atom. The minimum absolute atomic E-state index is 0.190. The molecule has 1 fully saturated rings. The fourth-order valence-corrected chi connectivity index (χ4v) is 4.88. The molecule has 0 spiro atoms. The van der Waals surface area contributed by atoms with E-state index in [1.54, 1.807) is 48.3 Å². The molecule has 1 aliphatic carbocycles. The van der Waals surface area contributed by atoms with Gasteiger partial charge in [0.1, 0.15) is 0 Å². The SMILES string of the molecule is O=C(Nc1ccc(Cl)c(C(=O)NC2CCCCC2)c1)c1ccc(SCc2cccnc2)cc1. The number of benzene rings is 2. The van der Waals surface area contributed by atoms with Gasteiger partial charge in [-0.3, -0.25) is 14.6 Å². The number of amides is 2. The quantitative estimate of drug-likeness (QED) is 0.388. The van der Waals surface area contributed by atoms with Gasteiger partial charge in [0.05, 0.1) is 10.6 Å². The van der Waals surface area contributed by atoms with Crippen molar-refractivity contribution in [2.75, 3.05) is 5.32 Å². The van der Waals surface area contributed by atoms with Crippen LogP contribution in [0, 0.1) is 0 Å². The number of pyridine rings is 1. The average molecular weight is 480 g/mol. The van der Waals surface area contributed by atoms with Gasteiger partial charge in [0, 0.05) is 40.3 Å². The van der Waals surface area contributed by atoms with Crippen molar-refractivity contribution in [1.82, 2.24) is 10.3 Å². The van der Waals surface area contributed by atoms with Gasteiger partial charge in [-0.15, -0.1) is 11.8 Å². The van der Waals surface area contributed by atoms with Gasteiger partial charge in [0.25, 0.3) is 11.8 Å². The van der Waals surface area contributed by atoms with Gasteiger partial charge in [-0.05, 0) is 66.9 Å². The molecular weight excluding hydrogens is 454 g/mol. The molecule has 33 heavy (non-hydrogen) atoms. The molecule has 3 aromatic rings. The Kier molecular flexibility index (Phi) is 8.02. The number of anilines is 1. The van der Waals surface area contributed by atoms with Crippen LogP contribution in [0.25, 0.3) is 0 Å². The number of carbonyl (C=O) groups excluding carboxylic acids is 2. The lowest BCUT2D eigenvalue weighted by atomic mass is 9.95. The third kappa shape index (κ3) is 6.59. The summed E-state index contributed by atoms with van der Waals surface area (Å²) in [6, 6.07) is 16.6. The van der Waals surface area contributed by atoms with E-state index >= 15 is 0 Å². The van der Waals surface area contributed by atoms with Crippen molar-refractivity contribution in [3.05, 3.63) is 88.7 Å². The van der Waals surface area contributed by atoms with E-state index in [2.05, 4.69) is 15.6 Å². The van der Waals surface area contributed by atoms with E-state index in [1.807, 2.05) is 30.5 Å². The predicted molar refractivity (Wildman–Crippen MR) is 134 cm³/mol. The minimum atomic E-state index is -0.236. The lowest BCUT2D eigenvalue weighted by Crippen LogP contribution is -2.36. The van der Waals surface area contributed by atoms with Gasteiger partial charge in [0.15, 0.2) is 0 Å². The number of thioether (sulfide) groups is 1. The molecule has 2 amide bonds. The fourth-order valence-electron chi connectivity index (χ4n) is 3.84. The van der Waals surface area contributed by atoms with Crippen LogP contribution in [-0.2, 0) is 5.75 Å². The van der Waals surface area contributed by atoms with Crippen LogP contribution in [-0.4, -0.2) is 22.8 Å². The van der Waals surface area contributed by atoms with E-state index in [1.165, 1.54) is 6.42 Å². The number of halogens is 1. The highest BCUT2D eigenvalue weighted by atomic mass is 35.5. The summed E-state index contributed by atoms with van der Waals surface area (Å²) < 4.78 is 0. The molecule has 1 heterocycles. The van der Waals surface area contributed by atoms with Gasteiger partial charge in [-0.25, -0.2) is 0 Å². The van der Waals surface area contributed by atoms with Gasteiger partial charge in [0.2, 0.25) is 0 Å². The van der Waals surface area contributed by atoms with Gasteiger partial charge < -0.3 is 10.6 Å². The zero-order chi connectivity index (χ0) is 23.0. The second-order valence-electron chi connectivity index (χ2n) is 8.13. The summed E-state index contributed by atoms with van der Waals surface area (Å²) in [7, 11) is 0. The highest BCUT2D eigenvalue weighted by Crippen LogP contribution is 2.25. The molecule has 0 saturated heterocycles. The summed E-state index contributed by atoms with van der Waals surface area (Å²) in [4.78, 5) is 30.7. The third-order valence-corrected chi connectivity index (χ3v) is 7.07. The molecule has 4 rings (SSSR count). The summed E-state index contributed by atoms with van der Waals surface area (Å²) in [5.74, 6) is 0.383. The molecule has 0 bridgehead atoms. The number of nitrogens with one attached hydrogen (secondary N) is 2. The number of rotatable bonds is 7. The van der Waals surface area contributed by atoms with E-state index in [0.717, 1.165) is 41.9 Å². The van der Waals surface area contributed by atoms with Gasteiger partial charge >= 0.3 is 0 Å². The summed E-state index contributed by atoms with van der Waals surface area (Å²) in [5, 5.41) is 6.32. The minimum Gasteiger partial charge on any atom is -0.349 e. The molecule has 170 valence electrons. The first-order chi connectivity index (χ1) is 16.1. The molecule has 7 heteroatoms. The van der Waals surface area contributed by atoms with Crippen molar-refractivity contribution in [1.29, 1.82) is 0 Å². The van der Waals surface area contributed by atoms with Crippen molar-refractivity contribution in [2.24, 2.45) is 0 Å². The zero-order valence-corrected chi connectivity index (χ0v) is 19.8. The molecular formula is C26H26ClN3O2S. The first-order valence-electron chi connectivity index (χ1n) is 11.1. The van der Waals surface area contributed by atoms with E-state index in [9.17, 15) is 9.59 Å². The molecule has 5 nitrogen and oxygen atoms in total. The summed E-state index contributed by atoms with van der Waals surface area (Å²) in [6.45, 7) is 0. The van der Waals surface area contributed by atoms with Gasteiger partial charge in [-0.1, -0.05) is 36.9 Å². The molecule has 0 atom stereocenters. The van der Waals surface area contributed by atoms with Crippen LogP contribution in [0.4, 0.5) is 5.69 Å². The fraction of sp³-hybridized carbons (Fsp3) is 0.269. The molecule has 0 radical (unpaired) electrons. The molecule has 1 aliphatic rings. The van der Waals surface area contributed by atoms with Crippen LogP contribution in [0.2, 0.25) is 5.02 Å². The molecule has 2 N–H and O–H groups in total. The average Bonchev–Trinajstić information content (AvgIpc) is 2.85. The van der Waals surface area contributed by atoms with Crippen molar-refractivity contribution < 1.29 is 9.59 Å².